The number of primary amides is 2. The van der Waals surface area contributed by atoms with Crippen LogP contribution >= 0.6 is 0 Å². The molecule has 7 N–H and O–H groups in total. The molecule has 0 aliphatic rings. The molecule has 168 valence electrons. The number of aliphatic hydroxyl groups excluding tert-OH is 1. The van der Waals surface area contributed by atoms with Gasteiger partial charge >= 0.3 is 0 Å². The van der Waals surface area contributed by atoms with Crippen LogP contribution < -0.4 is 22.1 Å². The van der Waals surface area contributed by atoms with Crippen molar-refractivity contribution in [2.75, 3.05) is 5.32 Å². The summed E-state index contributed by atoms with van der Waals surface area (Å²) in [7, 11) is 0. The molecule has 0 spiro atoms. The Morgan fingerprint density at radius 2 is 1.69 bits per heavy atom. The Bertz CT molecular complexity index is 638. The molecule has 0 saturated carbocycles. The number of benzene rings is 1. The Morgan fingerprint density at radius 1 is 1.10 bits per heavy atom. The van der Waals surface area contributed by atoms with Crippen LogP contribution in [0.4, 0.5) is 5.69 Å². The summed E-state index contributed by atoms with van der Waals surface area (Å²) in [5.41, 5.74) is 11.4. The SMILES string of the molecule is CC(C)C[C@H](N[C-]=O)C(N)=O.NC(=O)CCCC(=O)Nc1ccc(CO)cc1.[Fm]. The number of hydrogen-bond donors (Lipinski definition) is 5. The molecular weight excluding hydrogens is 621 g/mol. The maximum atomic E-state index is 11.4. The Hall–Kier alpha value is -3.94. The summed E-state index contributed by atoms with van der Waals surface area (Å²) < 4.78 is 0. The van der Waals surface area contributed by atoms with Crippen molar-refractivity contribution in [3.05, 3.63) is 29.8 Å². The van der Waals surface area contributed by atoms with Crippen LogP contribution in [0.1, 0.15) is 45.1 Å². The van der Waals surface area contributed by atoms with Crippen molar-refractivity contribution in [1.82, 2.24) is 5.32 Å². The van der Waals surface area contributed by atoms with Gasteiger partial charge < -0.3 is 32.0 Å². The third-order valence-corrected chi connectivity index (χ3v) is 3.53. The van der Waals surface area contributed by atoms with Crippen molar-refractivity contribution < 1.29 is 24.3 Å². The maximum Gasteiger partial charge on any atom is 0.237 e. The zero-order chi connectivity index (χ0) is 21.5. The smallest absolute Gasteiger partial charge is 0.237 e. The number of rotatable bonds is 11. The van der Waals surface area contributed by atoms with Crippen LogP contribution in [-0.4, -0.2) is 35.3 Å². The second-order valence-electron chi connectivity index (χ2n) is 6.55. The average Bonchev–Trinajstić information content (AvgIpc) is 2.62. The van der Waals surface area contributed by atoms with Crippen LogP contribution in [0.3, 0.4) is 0 Å². The number of carbonyl (C=O) groups is 3. The maximum absolute atomic E-state index is 11.4. The number of hydrogen-bond acceptors (Lipinski definition) is 5. The van der Waals surface area contributed by atoms with Gasteiger partial charge in [0.15, 0.2) is 0 Å². The second kappa shape index (κ2) is 15.2. The number of amides is 4. The molecule has 1 aromatic carbocycles. The molecule has 1 aromatic rings. The quantitative estimate of drug-likeness (QED) is 0.172. The van der Waals surface area contributed by atoms with Gasteiger partial charge in [-0.15, -0.1) is 0 Å². The first-order valence-corrected chi connectivity index (χ1v) is 8.89. The molecule has 0 fully saturated rings. The minimum atomic E-state index is -0.576. The Balaban J connectivity index is 0. The van der Waals surface area contributed by atoms with Crippen LogP contribution in [0, 0.1) is 5.92 Å². The van der Waals surface area contributed by atoms with Gasteiger partial charge in [0, 0.05) is 18.5 Å². The van der Waals surface area contributed by atoms with E-state index in [1.807, 2.05) is 13.8 Å². The monoisotopic (exact) mass is 650 g/mol. The molecule has 9 nitrogen and oxygen atoms in total. The van der Waals surface area contributed by atoms with Crippen molar-refractivity contribution >= 4 is 29.8 Å². The number of nitrogens with two attached hydrogens (primary N) is 2. The fourth-order valence-electron chi connectivity index (χ4n) is 2.13. The van der Waals surface area contributed by atoms with E-state index in [9.17, 15) is 19.2 Å². The van der Waals surface area contributed by atoms with Gasteiger partial charge in [-0.2, -0.15) is 6.41 Å². The summed E-state index contributed by atoms with van der Waals surface area (Å²) in [4.78, 5) is 42.4. The molecule has 10 heteroatoms. The van der Waals surface area contributed by atoms with Crippen molar-refractivity contribution in [3.8, 4) is 0 Å². The Labute approximate surface area is 164 Å². The zero-order valence-corrected chi connectivity index (χ0v) is 18.9. The average molecular weight is 650 g/mol. The van der Waals surface area contributed by atoms with Gasteiger partial charge in [-0.3, -0.25) is 14.4 Å². The van der Waals surface area contributed by atoms with Crippen LogP contribution in [0.15, 0.2) is 24.3 Å². The molecule has 0 unspecified atom stereocenters. The molecule has 0 bridgehead atoms. The van der Waals surface area contributed by atoms with Gasteiger partial charge in [0.25, 0.3) is 0 Å². The fourth-order valence-corrected chi connectivity index (χ4v) is 2.13. The molecular formula is C19H29FmN4O5-. The van der Waals surface area contributed by atoms with Gasteiger partial charge in [-0.05, 0) is 36.5 Å². The molecule has 0 aromatic heterocycles. The molecule has 4 amide bonds. The van der Waals surface area contributed by atoms with E-state index in [0.29, 0.717) is 24.4 Å². The van der Waals surface area contributed by atoms with E-state index in [1.165, 1.54) is 6.41 Å². The predicted octanol–water partition coefficient (Wildman–Crippen LogP) is 0.316. The van der Waals surface area contributed by atoms with E-state index >= 15 is 0 Å². The van der Waals surface area contributed by atoms with E-state index in [0.717, 1.165) is 5.56 Å². The van der Waals surface area contributed by atoms with E-state index in [1.54, 1.807) is 24.3 Å². The standard InChI is InChI=1S/C12H16N2O3.C7H13N2O2.Fm/c13-11(16)2-1-3-12(17)14-10-6-4-9(8-15)5-7-10;1-5(2)3-6(7(8)11)9-4-10;/h4-7,15H,1-3,8H2,(H2,13,16)(H,14,17);5-6H,3H2,1-2H3,(H2,8,11)(H,9,10);/q;-1;/t;6-;/m.0./s1. The summed E-state index contributed by atoms with van der Waals surface area (Å²) in [6.45, 7) is 3.87. The van der Waals surface area contributed by atoms with E-state index in [2.05, 4.69) is 10.6 Å². The third kappa shape index (κ3) is 13.9. The van der Waals surface area contributed by atoms with Crippen LogP contribution in [0.5, 0.6) is 0 Å². The van der Waals surface area contributed by atoms with Gasteiger partial charge in [-0.25, -0.2) is 0 Å². The molecule has 1 atom stereocenters. The summed E-state index contributed by atoms with van der Waals surface area (Å²) >= 11 is 0. The molecule has 0 radical (unpaired) electrons. The van der Waals surface area contributed by atoms with Gasteiger partial charge in [0.1, 0.15) is 0 Å². The summed E-state index contributed by atoms with van der Waals surface area (Å²) in [6.07, 6.45) is 2.96. The minimum Gasteiger partial charge on any atom is -0.520 e. The van der Waals surface area contributed by atoms with E-state index < -0.39 is 17.9 Å². The predicted molar refractivity (Wildman–Crippen MR) is 105 cm³/mol. The van der Waals surface area contributed by atoms with Crippen LogP contribution in [-0.2, 0) is 25.8 Å². The van der Waals surface area contributed by atoms with Crippen molar-refractivity contribution in [1.29, 1.82) is 0 Å². The molecule has 29 heavy (non-hydrogen) atoms. The first-order valence-electron chi connectivity index (χ1n) is 8.89. The number of nitrogens with one attached hydrogen (secondary N) is 2. The van der Waals surface area contributed by atoms with E-state index in [-0.39, 0.29) is 25.4 Å². The number of aliphatic hydroxyl groups is 1. The largest absolute Gasteiger partial charge is 0.520 e. The Morgan fingerprint density at radius 3 is 2.10 bits per heavy atom. The van der Waals surface area contributed by atoms with Crippen LogP contribution in [0.2, 0.25) is 0 Å². The summed E-state index contributed by atoms with van der Waals surface area (Å²) in [5, 5.41) is 13.8. The van der Waals surface area contributed by atoms with Gasteiger partial charge in [0.2, 0.25) is 17.7 Å². The van der Waals surface area contributed by atoms with Crippen molar-refractivity contribution in [3.63, 3.8) is 0 Å². The molecule has 0 aliphatic carbocycles. The van der Waals surface area contributed by atoms with Crippen molar-refractivity contribution in [2.24, 2.45) is 17.4 Å². The molecule has 0 aliphatic heterocycles. The molecule has 0 saturated heterocycles. The molecule has 1 rings (SSSR count). The van der Waals surface area contributed by atoms with E-state index in [4.69, 9.17) is 16.6 Å². The number of carbonyl (C=O) groups excluding carboxylic acids is 4. The summed E-state index contributed by atoms with van der Waals surface area (Å²) in [6, 6.07) is 6.33. The molecule has 0 heterocycles. The second-order valence-corrected chi connectivity index (χ2v) is 6.55. The van der Waals surface area contributed by atoms with Crippen LogP contribution in [0.25, 0.3) is 0 Å². The summed E-state index contributed by atoms with van der Waals surface area (Å²) in [5.74, 6) is -0.733. The third-order valence-electron chi connectivity index (χ3n) is 3.53. The number of anilines is 1. The Kier molecular flexibility index (Phi) is 14.3. The fraction of sp³-hybridized carbons (Fsp3) is 0.474. The van der Waals surface area contributed by atoms with Crippen molar-refractivity contribution in [2.45, 2.75) is 52.2 Å². The minimum absolute atomic E-state index is 0. The zero-order valence-electron chi connectivity index (χ0n) is 16.5. The van der Waals surface area contributed by atoms with Gasteiger partial charge in [-0.1, -0.05) is 26.0 Å². The first kappa shape index (κ1) is 27.3. The first-order chi connectivity index (χ1) is 13.2. The topological polar surface area (TPSA) is 165 Å². The van der Waals surface area contributed by atoms with Gasteiger partial charge in [0.05, 0.1) is 12.6 Å². The normalized spacial score (nSPS) is 10.6.